The Morgan fingerprint density at radius 3 is 1.12 bits per heavy atom. The van der Waals surface area contributed by atoms with Gasteiger partial charge < -0.3 is 19.8 Å². The summed E-state index contributed by atoms with van der Waals surface area (Å²) in [5.74, 6) is -3.22. The van der Waals surface area contributed by atoms with E-state index >= 15 is 0 Å². The van der Waals surface area contributed by atoms with E-state index in [9.17, 15) is 19.8 Å². The smallest absolute Gasteiger partial charge is 0.545 e. The number of aromatic carboxylic acids is 2. The van der Waals surface area contributed by atoms with Crippen LogP contribution in [0.3, 0.4) is 0 Å². The van der Waals surface area contributed by atoms with Crippen LogP contribution in [0.15, 0.2) is 17.9 Å². The summed E-state index contributed by atoms with van der Waals surface area (Å²) in [5.41, 5.74) is -0.969. The van der Waals surface area contributed by atoms with E-state index in [1.807, 2.05) is 0 Å². The van der Waals surface area contributed by atoms with Crippen molar-refractivity contribution >= 4 is 75.7 Å². The molecule has 1 aromatic rings. The van der Waals surface area contributed by atoms with Crippen LogP contribution in [0.25, 0.3) is 0 Å². The fourth-order valence-electron chi connectivity index (χ4n) is 1.02. The number of hydrogen-bond donors (Lipinski definition) is 0. The standard InChI is InChI=1S/C8H2Br4O4.Fe/c9-3-1(7(13)14)2(8(15)16)4(10)6(12)5(3)11;/h(H,13,14)(H,15,16);/q;+2/p-2. The number of hydrogen-bond acceptors (Lipinski definition) is 4. The average Bonchev–Trinajstić information content (AvgIpc) is 2.18. The van der Waals surface area contributed by atoms with E-state index in [1.54, 1.807) is 0 Å². The molecule has 0 aliphatic rings. The number of benzene rings is 1. The predicted molar refractivity (Wildman–Crippen MR) is 65.9 cm³/mol. The van der Waals surface area contributed by atoms with Gasteiger partial charge in [-0.3, -0.25) is 0 Å². The fourth-order valence-corrected chi connectivity index (χ4v) is 3.46. The summed E-state index contributed by atoms with van der Waals surface area (Å²) in [6, 6.07) is 0. The largest absolute Gasteiger partial charge is 2.00 e. The third kappa shape index (κ3) is 3.33. The Balaban J connectivity index is 0.00000256. The molecule has 4 nitrogen and oxygen atoms in total. The Morgan fingerprint density at radius 2 is 0.941 bits per heavy atom. The minimum atomic E-state index is -1.61. The molecule has 0 bridgehead atoms. The van der Waals surface area contributed by atoms with Gasteiger partial charge >= 0.3 is 17.1 Å². The van der Waals surface area contributed by atoms with Gasteiger partial charge in [-0.25, -0.2) is 0 Å². The van der Waals surface area contributed by atoms with Gasteiger partial charge in [-0.05, 0) is 63.7 Å². The molecule has 0 N–H and O–H groups in total. The van der Waals surface area contributed by atoms with Gasteiger partial charge in [0.25, 0.3) is 0 Å². The molecule has 0 fully saturated rings. The number of rotatable bonds is 2. The normalized spacial score (nSPS) is 9.65. The molecule has 0 radical (unpaired) electrons. The maximum absolute atomic E-state index is 10.9. The van der Waals surface area contributed by atoms with E-state index in [0.717, 1.165) is 0 Å². The van der Waals surface area contributed by atoms with E-state index in [0.29, 0.717) is 8.95 Å². The number of carboxylic acid groups (broad SMARTS) is 2. The van der Waals surface area contributed by atoms with Crippen LogP contribution in [0.2, 0.25) is 0 Å². The first-order chi connectivity index (χ1) is 7.29. The maximum atomic E-state index is 10.9. The zero-order valence-electron chi connectivity index (χ0n) is 7.50. The van der Waals surface area contributed by atoms with Gasteiger partial charge in [0.05, 0.1) is 11.9 Å². The molecular formula is C8Br4FeO4. The van der Waals surface area contributed by atoms with Crippen LogP contribution in [-0.4, -0.2) is 11.9 Å². The van der Waals surface area contributed by atoms with Crippen LogP contribution in [0.1, 0.15) is 20.7 Å². The van der Waals surface area contributed by atoms with Gasteiger partial charge in [-0.15, -0.1) is 0 Å². The Morgan fingerprint density at radius 1 is 0.706 bits per heavy atom. The first-order valence-electron chi connectivity index (χ1n) is 3.57. The molecule has 0 saturated heterocycles. The summed E-state index contributed by atoms with van der Waals surface area (Å²) in [6.07, 6.45) is 0. The predicted octanol–water partition coefficient (Wildman–Crippen LogP) is 1.46. The summed E-state index contributed by atoms with van der Waals surface area (Å²) in [4.78, 5) is 21.7. The molecule has 0 aliphatic heterocycles. The van der Waals surface area contributed by atoms with Crippen molar-refractivity contribution in [3.8, 4) is 0 Å². The van der Waals surface area contributed by atoms with Crippen LogP contribution in [-0.2, 0) is 17.1 Å². The van der Waals surface area contributed by atoms with Crippen molar-refractivity contribution in [3.05, 3.63) is 29.0 Å². The third-order valence-electron chi connectivity index (χ3n) is 1.68. The van der Waals surface area contributed by atoms with Crippen LogP contribution >= 0.6 is 63.7 Å². The molecule has 1 rings (SSSR count). The van der Waals surface area contributed by atoms with Gasteiger partial charge in [0, 0.05) is 29.0 Å². The summed E-state index contributed by atoms with van der Waals surface area (Å²) in [6.45, 7) is 0. The van der Waals surface area contributed by atoms with Crippen molar-refractivity contribution in [3.63, 3.8) is 0 Å². The molecule has 17 heavy (non-hydrogen) atoms. The minimum absolute atomic E-state index is 0. The van der Waals surface area contributed by atoms with Crippen LogP contribution in [0, 0.1) is 0 Å². The topological polar surface area (TPSA) is 80.3 Å². The first-order valence-corrected chi connectivity index (χ1v) is 6.74. The molecule has 0 aliphatic carbocycles. The SMILES string of the molecule is O=C([O-])c1c(Br)c(Br)c(Br)c(Br)c1C(=O)[O-].[Fe+2]. The number of carbonyl (C=O) groups is 2. The second-order valence-electron chi connectivity index (χ2n) is 2.58. The van der Waals surface area contributed by atoms with Crippen molar-refractivity contribution in [2.24, 2.45) is 0 Å². The Labute approximate surface area is 140 Å². The monoisotopic (exact) mass is 532 g/mol. The van der Waals surface area contributed by atoms with Crippen molar-refractivity contribution in [1.29, 1.82) is 0 Å². The molecule has 0 aromatic heterocycles. The molecule has 0 unspecified atom stereocenters. The van der Waals surface area contributed by atoms with E-state index in [4.69, 9.17) is 0 Å². The molecule has 0 spiro atoms. The van der Waals surface area contributed by atoms with E-state index in [-0.39, 0.29) is 26.0 Å². The van der Waals surface area contributed by atoms with Gasteiger partial charge in [0.2, 0.25) is 0 Å². The maximum Gasteiger partial charge on any atom is 2.00 e. The van der Waals surface area contributed by atoms with Crippen molar-refractivity contribution < 1.29 is 36.9 Å². The summed E-state index contributed by atoms with van der Waals surface area (Å²) >= 11 is 12.2. The Hall–Kier alpha value is 0.599. The second-order valence-corrected chi connectivity index (χ2v) is 5.75. The quantitative estimate of drug-likeness (QED) is 0.327. The van der Waals surface area contributed by atoms with Gasteiger partial charge in [-0.1, -0.05) is 0 Å². The summed E-state index contributed by atoms with van der Waals surface area (Å²) in [5, 5.41) is 21.7. The molecule has 0 amide bonds. The second kappa shape index (κ2) is 6.68. The summed E-state index contributed by atoms with van der Waals surface area (Å²) in [7, 11) is 0. The zero-order chi connectivity index (χ0) is 12.6. The molecule has 0 atom stereocenters. The molecule has 92 valence electrons. The van der Waals surface area contributed by atoms with E-state index < -0.39 is 23.1 Å². The van der Waals surface area contributed by atoms with Crippen LogP contribution < -0.4 is 10.2 Å². The number of halogens is 4. The van der Waals surface area contributed by atoms with Crippen LogP contribution in [0.4, 0.5) is 0 Å². The van der Waals surface area contributed by atoms with Gasteiger partial charge in [0.15, 0.2) is 0 Å². The fraction of sp³-hybridized carbons (Fsp3) is 0. The van der Waals surface area contributed by atoms with Gasteiger partial charge in [0.1, 0.15) is 0 Å². The Kier molecular flexibility index (Phi) is 6.91. The average molecular weight is 536 g/mol. The van der Waals surface area contributed by atoms with Gasteiger partial charge in [-0.2, -0.15) is 0 Å². The summed E-state index contributed by atoms with van der Waals surface area (Å²) < 4.78 is 0.871. The zero-order valence-corrected chi connectivity index (χ0v) is 14.9. The first kappa shape index (κ1) is 17.6. The molecular weight excluding hydrogens is 536 g/mol. The van der Waals surface area contributed by atoms with Crippen molar-refractivity contribution in [1.82, 2.24) is 0 Å². The van der Waals surface area contributed by atoms with Crippen LogP contribution in [0.5, 0.6) is 0 Å². The number of carboxylic acids is 2. The van der Waals surface area contributed by atoms with Crippen molar-refractivity contribution in [2.75, 3.05) is 0 Å². The minimum Gasteiger partial charge on any atom is -0.545 e. The van der Waals surface area contributed by atoms with Crippen molar-refractivity contribution in [2.45, 2.75) is 0 Å². The third-order valence-corrected chi connectivity index (χ3v) is 6.44. The molecule has 1 aromatic carbocycles. The van der Waals surface area contributed by atoms with E-state index in [1.165, 1.54) is 0 Å². The Bertz CT molecular complexity index is 458. The molecule has 0 saturated carbocycles. The van der Waals surface area contributed by atoms with E-state index in [2.05, 4.69) is 63.7 Å². The number of carbonyl (C=O) groups excluding carboxylic acids is 2. The molecule has 0 heterocycles. The molecule has 9 heteroatoms.